The van der Waals surface area contributed by atoms with Crippen molar-refractivity contribution in [1.29, 1.82) is 0 Å². The van der Waals surface area contributed by atoms with Crippen LogP contribution in [0.5, 0.6) is 0 Å². The lowest BCUT2D eigenvalue weighted by molar-refractivity contribution is -0.140. The fourth-order valence-corrected chi connectivity index (χ4v) is 1.20. The molecule has 0 aliphatic heterocycles. The molecule has 0 aliphatic carbocycles. The van der Waals surface area contributed by atoms with E-state index in [4.69, 9.17) is 21.8 Å². The standard InChI is InChI=1S/C9H16ClNO4/c1-9(6-12,4-8(14)15)5-11-7(13)2-3-10/h12H,2-6H2,1H3,(H,11,13)(H,14,15). The van der Waals surface area contributed by atoms with Crippen molar-refractivity contribution in [2.75, 3.05) is 19.0 Å². The Balaban J connectivity index is 4.08. The third-order valence-electron chi connectivity index (χ3n) is 1.99. The predicted molar refractivity (Wildman–Crippen MR) is 55.8 cm³/mol. The van der Waals surface area contributed by atoms with E-state index < -0.39 is 11.4 Å². The summed E-state index contributed by atoms with van der Waals surface area (Å²) in [5, 5.41) is 20.2. The molecule has 5 nitrogen and oxygen atoms in total. The molecule has 0 radical (unpaired) electrons. The predicted octanol–water partition coefficient (Wildman–Crippen LogP) is 0.205. The van der Waals surface area contributed by atoms with Gasteiger partial charge in [-0.15, -0.1) is 11.6 Å². The highest BCUT2D eigenvalue weighted by Crippen LogP contribution is 2.19. The lowest BCUT2D eigenvalue weighted by atomic mass is 9.88. The second-order valence-corrected chi connectivity index (χ2v) is 4.13. The maximum absolute atomic E-state index is 11.1. The van der Waals surface area contributed by atoms with Crippen molar-refractivity contribution in [3.63, 3.8) is 0 Å². The van der Waals surface area contributed by atoms with Gasteiger partial charge in [0.2, 0.25) is 5.91 Å². The van der Waals surface area contributed by atoms with Crippen LogP contribution in [0.2, 0.25) is 0 Å². The number of carbonyl (C=O) groups is 2. The first-order valence-corrected chi connectivity index (χ1v) is 5.12. The molecule has 0 rings (SSSR count). The third kappa shape index (κ3) is 6.30. The van der Waals surface area contributed by atoms with Crippen molar-refractivity contribution in [3.8, 4) is 0 Å². The molecule has 0 aromatic carbocycles. The van der Waals surface area contributed by atoms with Crippen molar-refractivity contribution in [2.24, 2.45) is 5.41 Å². The summed E-state index contributed by atoms with van der Waals surface area (Å²) >= 11 is 5.36. The molecule has 6 heteroatoms. The number of carbonyl (C=O) groups excluding carboxylic acids is 1. The summed E-state index contributed by atoms with van der Waals surface area (Å²) in [4.78, 5) is 21.6. The van der Waals surface area contributed by atoms with E-state index in [0.29, 0.717) is 0 Å². The van der Waals surface area contributed by atoms with Crippen molar-refractivity contribution in [3.05, 3.63) is 0 Å². The fourth-order valence-electron chi connectivity index (χ4n) is 1.03. The van der Waals surface area contributed by atoms with E-state index in [0.717, 1.165) is 0 Å². The van der Waals surface area contributed by atoms with E-state index in [1.807, 2.05) is 0 Å². The summed E-state index contributed by atoms with van der Waals surface area (Å²) in [7, 11) is 0. The number of aliphatic hydroxyl groups excluding tert-OH is 1. The number of nitrogens with one attached hydrogen (secondary N) is 1. The van der Waals surface area contributed by atoms with Gasteiger partial charge in [-0.05, 0) is 0 Å². The minimum atomic E-state index is -1.00. The van der Waals surface area contributed by atoms with Crippen LogP contribution >= 0.6 is 11.6 Å². The van der Waals surface area contributed by atoms with E-state index in [9.17, 15) is 9.59 Å². The molecule has 0 aromatic heterocycles. The van der Waals surface area contributed by atoms with E-state index in [-0.39, 0.29) is 37.8 Å². The molecular weight excluding hydrogens is 222 g/mol. The molecule has 0 aromatic rings. The minimum Gasteiger partial charge on any atom is -0.481 e. The molecular formula is C9H16ClNO4. The first-order chi connectivity index (χ1) is 6.93. The Kier molecular flexibility index (Phi) is 6.27. The van der Waals surface area contributed by atoms with Gasteiger partial charge in [0.15, 0.2) is 0 Å². The third-order valence-corrected chi connectivity index (χ3v) is 2.18. The SMILES string of the molecule is CC(CO)(CNC(=O)CCCl)CC(=O)O. The molecule has 0 saturated heterocycles. The van der Waals surface area contributed by atoms with Crippen LogP contribution in [0.1, 0.15) is 19.8 Å². The number of aliphatic carboxylic acids is 1. The van der Waals surface area contributed by atoms with Gasteiger partial charge in [-0.3, -0.25) is 9.59 Å². The van der Waals surface area contributed by atoms with Crippen LogP contribution in [0.15, 0.2) is 0 Å². The molecule has 0 aliphatic rings. The van der Waals surface area contributed by atoms with Gasteiger partial charge in [0.1, 0.15) is 0 Å². The maximum Gasteiger partial charge on any atom is 0.304 e. The Morgan fingerprint density at radius 1 is 1.47 bits per heavy atom. The van der Waals surface area contributed by atoms with Gasteiger partial charge in [0.05, 0.1) is 13.0 Å². The molecule has 0 fully saturated rings. The number of amides is 1. The van der Waals surface area contributed by atoms with Crippen LogP contribution in [0.3, 0.4) is 0 Å². The molecule has 0 saturated carbocycles. The van der Waals surface area contributed by atoms with E-state index in [1.165, 1.54) is 0 Å². The Hall–Kier alpha value is -0.810. The van der Waals surface area contributed by atoms with Crippen LogP contribution in [0.4, 0.5) is 0 Å². The molecule has 0 bridgehead atoms. The summed E-state index contributed by atoms with van der Waals surface area (Å²) in [6.45, 7) is 1.44. The maximum atomic E-state index is 11.1. The molecule has 1 amide bonds. The Morgan fingerprint density at radius 2 is 2.07 bits per heavy atom. The lowest BCUT2D eigenvalue weighted by Gasteiger charge is -2.25. The summed E-state index contributed by atoms with van der Waals surface area (Å²) in [5.74, 6) is -1.02. The van der Waals surface area contributed by atoms with Crippen molar-refractivity contribution >= 4 is 23.5 Å². The monoisotopic (exact) mass is 237 g/mol. The number of carboxylic acid groups (broad SMARTS) is 1. The highest BCUT2D eigenvalue weighted by Gasteiger charge is 2.27. The summed E-state index contributed by atoms with van der Waals surface area (Å²) in [5.41, 5.74) is -0.826. The number of hydrogen-bond donors (Lipinski definition) is 3. The van der Waals surface area contributed by atoms with Crippen LogP contribution in [-0.4, -0.2) is 41.1 Å². The molecule has 1 unspecified atom stereocenters. The molecule has 3 N–H and O–H groups in total. The number of aliphatic hydroxyl groups is 1. The molecule has 0 heterocycles. The van der Waals surface area contributed by atoms with Gasteiger partial charge >= 0.3 is 5.97 Å². The lowest BCUT2D eigenvalue weighted by Crippen LogP contribution is -2.39. The van der Waals surface area contributed by atoms with Crippen LogP contribution in [-0.2, 0) is 9.59 Å². The highest BCUT2D eigenvalue weighted by atomic mass is 35.5. The van der Waals surface area contributed by atoms with E-state index in [2.05, 4.69) is 5.32 Å². The number of rotatable bonds is 7. The van der Waals surface area contributed by atoms with Crippen LogP contribution in [0.25, 0.3) is 0 Å². The molecule has 1 atom stereocenters. The summed E-state index contributed by atoms with van der Waals surface area (Å²) in [6.07, 6.45) is 0.000784. The van der Waals surface area contributed by atoms with Crippen LogP contribution in [0, 0.1) is 5.41 Å². The van der Waals surface area contributed by atoms with Gasteiger partial charge in [-0.1, -0.05) is 6.92 Å². The van der Waals surface area contributed by atoms with Gasteiger partial charge in [-0.2, -0.15) is 0 Å². The highest BCUT2D eigenvalue weighted by molar-refractivity contribution is 6.18. The van der Waals surface area contributed by atoms with Crippen LogP contribution < -0.4 is 5.32 Å². The zero-order valence-corrected chi connectivity index (χ0v) is 9.38. The Morgan fingerprint density at radius 3 is 2.47 bits per heavy atom. The zero-order valence-electron chi connectivity index (χ0n) is 8.62. The fraction of sp³-hybridized carbons (Fsp3) is 0.778. The summed E-state index contributed by atoms with van der Waals surface area (Å²) < 4.78 is 0. The smallest absolute Gasteiger partial charge is 0.304 e. The molecule has 88 valence electrons. The minimum absolute atomic E-state index is 0.130. The Bertz CT molecular complexity index is 234. The topological polar surface area (TPSA) is 86.6 Å². The first kappa shape index (κ1) is 14.2. The normalized spacial score (nSPS) is 14.3. The second-order valence-electron chi connectivity index (χ2n) is 3.76. The van der Waals surface area contributed by atoms with E-state index in [1.54, 1.807) is 6.92 Å². The number of halogens is 1. The number of hydrogen-bond acceptors (Lipinski definition) is 3. The van der Waals surface area contributed by atoms with Gasteiger partial charge < -0.3 is 15.5 Å². The number of carboxylic acids is 1. The Labute approximate surface area is 93.4 Å². The zero-order chi connectivity index (χ0) is 11.9. The van der Waals surface area contributed by atoms with Gasteiger partial charge in [0.25, 0.3) is 0 Å². The van der Waals surface area contributed by atoms with E-state index >= 15 is 0 Å². The van der Waals surface area contributed by atoms with Crippen molar-refractivity contribution in [1.82, 2.24) is 5.32 Å². The number of alkyl halides is 1. The summed E-state index contributed by atoms with van der Waals surface area (Å²) in [6, 6.07) is 0. The average Bonchev–Trinajstić information content (AvgIpc) is 2.14. The quantitative estimate of drug-likeness (QED) is 0.553. The van der Waals surface area contributed by atoms with Crippen molar-refractivity contribution in [2.45, 2.75) is 19.8 Å². The first-order valence-electron chi connectivity index (χ1n) is 4.59. The van der Waals surface area contributed by atoms with Crippen molar-refractivity contribution < 1.29 is 19.8 Å². The van der Waals surface area contributed by atoms with Gasteiger partial charge in [0, 0.05) is 24.3 Å². The largest absolute Gasteiger partial charge is 0.481 e. The second kappa shape index (κ2) is 6.63. The molecule has 15 heavy (non-hydrogen) atoms. The average molecular weight is 238 g/mol. The molecule has 0 spiro atoms. The van der Waals surface area contributed by atoms with Gasteiger partial charge in [-0.25, -0.2) is 0 Å².